The van der Waals surface area contributed by atoms with Crippen LogP contribution in [0.2, 0.25) is 0 Å². The summed E-state index contributed by atoms with van der Waals surface area (Å²) in [5.74, 6) is 0.429. The highest BCUT2D eigenvalue weighted by molar-refractivity contribution is 4.97. The molecular weight excluding hydrogens is 218 g/mol. The molecule has 0 spiro atoms. The van der Waals surface area contributed by atoms with Gasteiger partial charge in [-0.15, -0.1) is 0 Å². The first-order valence-electron chi connectivity index (χ1n) is 6.82. The van der Waals surface area contributed by atoms with Gasteiger partial charge in [-0.3, -0.25) is 0 Å². The number of nitrogens with one attached hydrogen (secondary N) is 1. The first kappa shape index (κ1) is 13.3. The zero-order valence-corrected chi connectivity index (χ0v) is 10.9. The van der Waals surface area contributed by atoms with Crippen LogP contribution >= 0.6 is 0 Å². The van der Waals surface area contributed by atoms with Crippen molar-refractivity contribution in [1.29, 1.82) is 0 Å². The third-order valence-corrected chi connectivity index (χ3v) is 4.16. The number of methoxy groups -OCH3 is 1. The maximum Gasteiger partial charge on any atom is 0.0986 e. The van der Waals surface area contributed by atoms with E-state index in [1.54, 1.807) is 7.11 Å². The van der Waals surface area contributed by atoms with Crippen molar-refractivity contribution in [2.24, 2.45) is 5.92 Å². The average Bonchev–Trinajstić information content (AvgIpc) is 2.69. The molecule has 4 nitrogen and oxygen atoms in total. The van der Waals surface area contributed by atoms with Gasteiger partial charge in [-0.25, -0.2) is 0 Å². The molecule has 2 aliphatic carbocycles. The van der Waals surface area contributed by atoms with Gasteiger partial charge in [0.25, 0.3) is 0 Å². The molecule has 5 unspecified atom stereocenters. The Morgan fingerprint density at radius 3 is 2.76 bits per heavy atom. The first-order chi connectivity index (χ1) is 8.26. The molecule has 0 saturated heterocycles. The Hall–Kier alpha value is -0.160. The van der Waals surface area contributed by atoms with E-state index in [2.05, 4.69) is 5.32 Å². The fourth-order valence-electron chi connectivity index (χ4n) is 3.03. The predicted octanol–water partition coefficient (Wildman–Crippen LogP) is 0.929. The molecule has 4 heteroatoms. The Morgan fingerprint density at radius 1 is 1.35 bits per heavy atom. The van der Waals surface area contributed by atoms with E-state index >= 15 is 0 Å². The maximum atomic E-state index is 9.76. The van der Waals surface area contributed by atoms with Crippen LogP contribution in [0.3, 0.4) is 0 Å². The van der Waals surface area contributed by atoms with Crippen molar-refractivity contribution in [1.82, 2.24) is 5.32 Å². The van der Waals surface area contributed by atoms with Crippen LogP contribution in [0, 0.1) is 5.92 Å². The second kappa shape index (κ2) is 6.14. The smallest absolute Gasteiger partial charge is 0.0986 e. The summed E-state index contributed by atoms with van der Waals surface area (Å²) in [5, 5.41) is 13.3. The molecule has 17 heavy (non-hydrogen) atoms. The fraction of sp³-hybridized carbons (Fsp3) is 1.00. The molecule has 5 atom stereocenters. The Bertz CT molecular complexity index is 237. The van der Waals surface area contributed by atoms with Gasteiger partial charge in [0.15, 0.2) is 0 Å². The molecule has 0 aliphatic heterocycles. The average molecular weight is 243 g/mol. The predicted molar refractivity (Wildman–Crippen MR) is 66.0 cm³/mol. The van der Waals surface area contributed by atoms with Gasteiger partial charge in [0.2, 0.25) is 0 Å². The van der Waals surface area contributed by atoms with E-state index in [1.807, 2.05) is 6.92 Å². The summed E-state index contributed by atoms with van der Waals surface area (Å²) in [6.07, 6.45) is 4.61. The van der Waals surface area contributed by atoms with E-state index in [0.29, 0.717) is 12.0 Å². The van der Waals surface area contributed by atoms with Crippen LogP contribution in [0.25, 0.3) is 0 Å². The molecule has 2 aliphatic rings. The summed E-state index contributed by atoms with van der Waals surface area (Å²) in [5.41, 5.74) is 0. The highest BCUT2D eigenvalue weighted by atomic mass is 16.5. The Balaban J connectivity index is 1.69. The second-order valence-corrected chi connectivity index (χ2v) is 5.20. The molecular formula is C13H25NO3. The van der Waals surface area contributed by atoms with Gasteiger partial charge < -0.3 is 19.9 Å². The van der Waals surface area contributed by atoms with Gasteiger partial charge >= 0.3 is 0 Å². The lowest BCUT2D eigenvalue weighted by molar-refractivity contribution is -0.132. The fourth-order valence-corrected chi connectivity index (χ4v) is 3.03. The molecule has 2 fully saturated rings. The molecule has 0 amide bonds. The third-order valence-electron chi connectivity index (χ3n) is 4.16. The highest BCUT2D eigenvalue weighted by Crippen LogP contribution is 2.29. The summed E-state index contributed by atoms with van der Waals surface area (Å²) in [7, 11) is 1.74. The Morgan fingerprint density at radius 2 is 2.18 bits per heavy atom. The number of ether oxygens (including phenoxy) is 2. The zero-order valence-electron chi connectivity index (χ0n) is 10.9. The van der Waals surface area contributed by atoms with Crippen molar-refractivity contribution >= 4 is 0 Å². The van der Waals surface area contributed by atoms with Crippen molar-refractivity contribution in [2.75, 3.05) is 20.3 Å². The van der Waals surface area contributed by atoms with Crippen molar-refractivity contribution < 1.29 is 14.6 Å². The van der Waals surface area contributed by atoms with Crippen molar-refractivity contribution in [2.45, 2.75) is 57.0 Å². The van der Waals surface area contributed by atoms with Crippen LogP contribution in [-0.4, -0.2) is 49.7 Å². The van der Waals surface area contributed by atoms with Crippen molar-refractivity contribution in [3.05, 3.63) is 0 Å². The monoisotopic (exact) mass is 243 g/mol. The molecule has 0 aromatic carbocycles. The lowest BCUT2D eigenvalue weighted by Crippen LogP contribution is -2.60. The van der Waals surface area contributed by atoms with Gasteiger partial charge in [-0.1, -0.05) is 6.42 Å². The van der Waals surface area contributed by atoms with E-state index in [-0.39, 0.29) is 18.3 Å². The van der Waals surface area contributed by atoms with E-state index in [0.717, 1.165) is 38.8 Å². The molecule has 0 bridgehead atoms. The minimum atomic E-state index is -0.105. The zero-order chi connectivity index (χ0) is 12.3. The lowest BCUT2D eigenvalue weighted by atomic mass is 9.84. The largest absolute Gasteiger partial charge is 0.393 e. The van der Waals surface area contributed by atoms with Crippen LogP contribution in [0.5, 0.6) is 0 Å². The van der Waals surface area contributed by atoms with Gasteiger partial charge in [0.05, 0.1) is 18.3 Å². The molecule has 100 valence electrons. The van der Waals surface area contributed by atoms with Crippen LogP contribution in [0.15, 0.2) is 0 Å². The second-order valence-electron chi connectivity index (χ2n) is 5.20. The van der Waals surface area contributed by atoms with Crippen LogP contribution in [0.4, 0.5) is 0 Å². The van der Waals surface area contributed by atoms with E-state index in [4.69, 9.17) is 9.47 Å². The van der Waals surface area contributed by atoms with E-state index in [9.17, 15) is 5.11 Å². The molecule has 2 rings (SSSR count). The minimum Gasteiger partial charge on any atom is -0.393 e. The first-order valence-corrected chi connectivity index (χ1v) is 6.82. The Kier molecular flexibility index (Phi) is 4.79. The van der Waals surface area contributed by atoms with Crippen molar-refractivity contribution in [3.8, 4) is 0 Å². The van der Waals surface area contributed by atoms with Crippen LogP contribution in [-0.2, 0) is 9.47 Å². The maximum absolute atomic E-state index is 9.76. The topological polar surface area (TPSA) is 50.7 Å². The molecule has 2 saturated carbocycles. The standard InChI is InChI=1S/C13H25NO3/c1-3-17-12-7-10(13(12)16-2)14-8-9-5-4-6-11(9)15/h9-15H,3-8H2,1-2H3. The molecule has 0 heterocycles. The summed E-state index contributed by atoms with van der Waals surface area (Å²) < 4.78 is 11.0. The van der Waals surface area contributed by atoms with Crippen LogP contribution in [0.1, 0.15) is 32.6 Å². The molecule has 0 radical (unpaired) electrons. The SMILES string of the molecule is CCOC1CC(NCC2CCCC2O)C1OC. The summed E-state index contributed by atoms with van der Waals surface area (Å²) in [6.45, 7) is 3.67. The van der Waals surface area contributed by atoms with Crippen LogP contribution < -0.4 is 5.32 Å². The number of hydrogen-bond acceptors (Lipinski definition) is 4. The number of rotatable bonds is 6. The number of hydrogen-bond donors (Lipinski definition) is 2. The summed E-state index contributed by atoms with van der Waals surface area (Å²) >= 11 is 0. The quantitative estimate of drug-likeness (QED) is 0.728. The third kappa shape index (κ3) is 2.99. The Labute approximate surface area is 104 Å². The van der Waals surface area contributed by atoms with Gasteiger partial charge in [-0.2, -0.15) is 0 Å². The minimum absolute atomic E-state index is 0.105. The number of aliphatic hydroxyl groups excluding tert-OH is 1. The van der Waals surface area contributed by atoms with Gasteiger partial charge in [0, 0.05) is 26.3 Å². The lowest BCUT2D eigenvalue weighted by Gasteiger charge is -2.44. The number of aliphatic hydroxyl groups is 1. The summed E-state index contributed by atoms with van der Waals surface area (Å²) in [4.78, 5) is 0. The molecule has 0 aromatic rings. The van der Waals surface area contributed by atoms with E-state index < -0.39 is 0 Å². The highest BCUT2D eigenvalue weighted by Gasteiger charge is 2.42. The van der Waals surface area contributed by atoms with Gasteiger partial charge in [0.1, 0.15) is 0 Å². The van der Waals surface area contributed by atoms with Crippen molar-refractivity contribution in [3.63, 3.8) is 0 Å². The molecule has 2 N–H and O–H groups in total. The summed E-state index contributed by atoms with van der Waals surface area (Å²) in [6, 6.07) is 0.393. The van der Waals surface area contributed by atoms with E-state index in [1.165, 1.54) is 0 Å². The normalized spacial score (nSPS) is 41.5. The molecule has 0 aromatic heterocycles. The van der Waals surface area contributed by atoms with Gasteiger partial charge in [-0.05, 0) is 32.1 Å².